The first kappa shape index (κ1) is 14.3. The lowest BCUT2D eigenvalue weighted by atomic mass is 10.0. The molecule has 6 heteroatoms. The Kier molecular flexibility index (Phi) is 3.03. The number of anilines is 1. The molecule has 0 amide bonds. The van der Waals surface area contributed by atoms with Gasteiger partial charge in [-0.05, 0) is 30.2 Å². The minimum absolute atomic E-state index is 0.681. The second kappa shape index (κ2) is 5.10. The van der Waals surface area contributed by atoms with E-state index in [2.05, 4.69) is 32.4 Å². The number of aromatic amines is 1. The minimum atomic E-state index is 0.681. The number of fused-ring (bicyclic) bond motifs is 3. The van der Waals surface area contributed by atoms with E-state index in [-0.39, 0.29) is 0 Å². The fourth-order valence-electron chi connectivity index (χ4n) is 3.04. The summed E-state index contributed by atoms with van der Waals surface area (Å²) >= 11 is 0. The molecule has 0 unspecified atom stereocenters. The van der Waals surface area contributed by atoms with Crippen molar-refractivity contribution in [3.63, 3.8) is 0 Å². The average Bonchev–Trinajstić information content (AvgIpc) is 3.18. The Morgan fingerprint density at radius 1 is 1.29 bits per heavy atom. The Balaban J connectivity index is 2.01. The van der Waals surface area contributed by atoms with Crippen molar-refractivity contribution in [2.75, 3.05) is 12.4 Å². The largest absolute Gasteiger partial charge is 0.371 e. The van der Waals surface area contributed by atoms with E-state index in [0.717, 1.165) is 44.7 Å². The third kappa shape index (κ3) is 1.95. The molecule has 1 aromatic carbocycles. The van der Waals surface area contributed by atoms with Crippen LogP contribution >= 0.6 is 0 Å². The van der Waals surface area contributed by atoms with Gasteiger partial charge in [0.05, 0.1) is 23.5 Å². The highest BCUT2D eigenvalue weighted by atomic mass is 15.1. The maximum absolute atomic E-state index is 9.26. The highest BCUT2D eigenvalue weighted by Crippen LogP contribution is 2.32. The first-order chi connectivity index (χ1) is 11.6. The Hall–Kier alpha value is -3.33. The maximum Gasteiger partial charge on any atom is 0.156 e. The van der Waals surface area contributed by atoms with Crippen molar-refractivity contribution >= 4 is 27.9 Å². The molecule has 0 bridgehead atoms. The molecular formula is C18H16N6. The fraction of sp³-hybridized carbons (Fsp3) is 0.167. The van der Waals surface area contributed by atoms with Gasteiger partial charge in [-0.3, -0.25) is 0 Å². The normalized spacial score (nSPS) is 11.1. The molecule has 0 atom stereocenters. The lowest BCUT2D eigenvalue weighted by Gasteiger charge is -2.02. The Morgan fingerprint density at radius 3 is 2.88 bits per heavy atom. The van der Waals surface area contributed by atoms with Crippen molar-refractivity contribution in [2.45, 2.75) is 6.92 Å². The van der Waals surface area contributed by atoms with Crippen molar-refractivity contribution in [1.82, 2.24) is 19.5 Å². The van der Waals surface area contributed by atoms with E-state index in [4.69, 9.17) is 0 Å². The smallest absolute Gasteiger partial charge is 0.156 e. The number of benzene rings is 1. The molecule has 0 fully saturated rings. The summed E-state index contributed by atoms with van der Waals surface area (Å²) in [6.07, 6.45) is 1.79. The number of H-pyrrole nitrogens is 1. The molecule has 118 valence electrons. The molecule has 4 aromatic rings. The summed E-state index contributed by atoms with van der Waals surface area (Å²) < 4.78 is 1.99. The summed E-state index contributed by atoms with van der Waals surface area (Å²) in [4.78, 5) is 12.4. The van der Waals surface area contributed by atoms with Crippen LogP contribution in [0.5, 0.6) is 0 Å². The predicted octanol–water partition coefficient (Wildman–Crippen LogP) is 3.34. The third-order valence-electron chi connectivity index (χ3n) is 4.34. The number of nitriles is 1. The molecule has 0 radical (unpaired) electrons. The lowest BCUT2D eigenvalue weighted by molar-refractivity contribution is 0.951. The zero-order chi connectivity index (χ0) is 16.8. The predicted molar refractivity (Wildman–Crippen MR) is 94.8 cm³/mol. The van der Waals surface area contributed by atoms with Gasteiger partial charge >= 0.3 is 0 Å². The number of aromatic nitrogens is 4. The number of hydrogen-bond acceptors (Lipinski definition) is 4. The summed E-state index contributed by atoms with van der Waals surface area (Å²) in [6.45, 7) is 1.94. The van der Waals surface area contributed by atoms with Gasteiger partial charge in [0.25, 0.3) is 0 Å². The van der Waals surface area contributed by atoms with Crippen molar-refractivity contribution in [3.8, 4) is 17.3 Å². The summed E-state index contributed by atoms with van der Waals surface area (Å²) in [5.41, 5.74) is 6.23. The third-order valence-corrected chi connectivity index (χ3v) is 4.34. The van der Waals surface area contributed by atoms with E-state index in [1.165, 1.54) is 0 Å². The molecule has 0 spiro atoms. The second-order valence-corrected chi connectivity index (χ2v) is 5.85. The Morgan fingerprint density at radius 2 is 2.12 bits per heavy atom. The molecule has 0 aliphatic rings. The van der Waals surface area contributed by atoms with Crippen LogP contribution in [0.15, 0.2) is 30.6 Å². The molecule has 24 heavy (non-hydrogen) atoms. The molecule has 3 aromatic heterocycles. The number of hydrogen-bond donors (Lipinski definition) is 2. The van der Waals surface area contributed by atoms with Gasteiger partial charge in [0, 0.05) is 25.2 Å². The molecule has 4 rings (SSSR count). The summed E-state index contributed by atoms with van der Waals surface area (Å²) in [7, 11) is 3.81. The van der Waals surface area contributed by atoms with E-state index in [1.807, 2.05) is 43.8 Å². The number of pyridine rings is 1. The van der Waals surface area contributed by atoms with Crippen LogP contribution in [0, 0.1) is 18.3 Å². The van der Waals surface area contributed by atoms with E-state index >= 15 is 0 Å². The van der Waals surface area contributed by atoms with Crippen LogP contribution in [0.4, 0.5) is 5.82 Å². The van der Waals surface area contributed by atoms with Gasteiger partial charge in [0.1, 0.15) is 11.2 Å². The fourth-order valence-corrected chi connectivity index (χ4v) is 3.04. The first-order valence-corrected chi connectivity index (χ1v) is 7.65. The summed E-state index contributed by atoms with van der Waals surface area (Å²) in [5.74, 6) is 0.744. The Bertz CT molecular complexity index is 1130. The van der Waals surface area contributed by atoms with E-state index < -0.39 is 0 Å². The van der Waals surface area contributed by atoms with Gasteiger partial charge in [-0.25, -0.2) is 9.97 Å². The van der Waals surface area contributed by atoms with Crippen LogP contribution in [0.25, 0.3) is 33.3 Å². The average molecular weight is 316 g/mol. The van der Waals surface area contributed by atoms with Crippen LogP contribution in [0.1, 0.15) is 11.1 Å². The van der Waals surface area contributed by atoms with Gasteiger partial charge in [0.2, 0.25) is 0 Å². The number of imidazole rings is 1. The van der Waals surface area contributed by atoms with Crippen molar-refractivity contribution in [2.24, 2.45) is 7.05 Å². The van der Waals surface area contributed by atoms with Crippen molar-refractivity contribution < 1.29 is 0 Å². The highest BCUT2D eigenvalue weighted by molar-refractivity contribution is 6.07. The van der Waals surface area contributed by atoms with Gasteiger partial charge in [-0.2, -0.15) is 5.26 Å². The number of aryl methyl sites for hydroxylation is 2. The summed E-state index contributed by atoms with van der Waals surface area (Å²) in [5, 5.41) is 13.4. The number of nitrogens with one attached hydrogen (secondary N) is 2. The second-order valence-electron chi connectivity index (χ2n) is 5.85. The van der Waals surface area contributed by atoms with Gasteiger partial charge in [-0.15, -0.1) is 0 Å². The molecular weight excluding hydrogens is 300 g/mol. The lowest BCUT2D eigenvalue weighted by Crippen LogP contribution is -1.95. The highest BCUT2D eigenvalue weighted by Gasteiger charge is 2.15. The molecule has 0 saturated carbocycles. The SMILES string of the molecule is CNc1nc2[nH]c(-c3ccc(C)c(C#N)c3)cc2c2c1ncn2C. The quantitative estimate of drug-likeness (QED) is 0.594. The van der Waals surface area contributed by atoms with E-state index in [0.29, 0.717) is 5.56 Å². The molecule has 0 aliphatic heterocycles. The van der Waals surface area contributed by atoms with Crippen LogP contribution in [0.2, 0.25) is 0 Å². The van der Waals surface area contributed by atoms with E-state index in [1.54, 1.807) is 6.33 Å². The topological polar surface area (TPSA) is 82.3 Å². The zero-order valence-electron chi connectivity index (χ0n) is 13.7. The van der Waals surface area contributed by atoms with Crippen molar-refractivity contribution in [3.05, 3.63) is 41.7 Å². The molecule has 2 N–H and O–H groups in total. The zero-order valence-corrected chi connectivity index (χ0v) is 13.7. The minimum Gasteiger partial charge on any atom is -0.371 e. The Labute approximate surface area is 138 Å². The van der Waals surface area contributed by atoms with Gasteiger partial charge < -0.3 is 14.9 Å². The molecule has 6 nitrogen and oxygen atoms in total. The summed E-state index contributed by atoms with van der Waals surface area (Å²) in [6, 6.07) is 10.2. The first-order valence-electron chi connectivity index (χ1n) is 7.65. The van der Waals surface area contributed by atoms with Gasteiger partial charge in [0.15, 0.2) is 5.82 Å². The molecule has 0 saturated heterocycles. The number of rotatable bonds is 2. The molecule has 3 heterocycles. The van der Waals surface area contributed by atoms with Gasteiger partial charge in [-0.1, -0.05) is 12.1 Å². The van der Waals surface area contributed by atoms with Crippen LogP contribution in [0.3, 0.4) is 0 Å². The monoisotopic (exact) mass is 316 g/mol. The van der Waals surface area contributed by atoms with Crippen LogP contribution < -0.4 is 5.32 Å². The number of nitrogens with zero attached hydrogens (tertiary/aromatic N) is 4. The van der Waals surface area contributed by atoms with Crippen LogP contribution in [-0.2, 0) is 7.05 Å². The standard InChI is InChI=1S/C18H16N6/c1-10-4-5-11(6-12(10)8-19)14-7-13-16-15(21-9-24(16)3)18(20-2)23-17(13)22-14/h4-7,9H,1-3H3,(H2,20,22,23). The molecule has 0 aliphatic carbocycles. The van der Waals surface area contributed by atoms with E-state index in [9.17, 15) is 5.26 Å². The van der Waals surface area contributed by atoms with Crippen molar-refractivity contribution in [1.29, 1.82) is 5.26 Å². The van der Waals surface area contributed by atoms with Crippen LogP contribution in [-0.4, -0.2) is 26.6 Å². The maximum atomic E-state index is 9.26.